The Morgan fingerprint density at radius 2 is 1.87 bits per heavy atom. The first-order valence-electron chi connectivity index (χ1n) is 4.12. The van der Waals surface area contributed by atoms with Gasteiger partial charge in [-0.05, 0) is 6.42 Å². The van der Waals surface area contributed by atoms with Gasteiger partial charge >= 0.3 is 10.2 Å². The summed E-state index contributed by atoms with van der Waals surface area (Å²) in [6.07, 6.45) is 1.97. The highest BCUT2D eigenvalue weighted by Crippen LogP contribution is 1.96. The third-order valence-electron chi connectivity index (χ3n) is 1.43. The van der Waals surface area contributed by atoms with Crippen LogP contribution in [0, 0.1) is 0 Å². The first-order valence-corrected chi connectivity index (χ1v) is 7.38. The lowest BCUT2D eigenvalue weighted by atomic mass is 10.4. The van der Waals surface area contributed by atoms with Crippen molar-refractivity contribution in [3.8, 4) is 0 Å². The number of unbranched alkanes of at least 4 members (excludes halogenated alkanes) is 1. The highest BCUT2D eigenvalue weighted by Gasteiger charge is 2.15. The van der Waals surface area contributed by atoms with Gasteiger partial charge < -0.3 is 0 Å². The van der Waals surface area contributed by atoms with Gasteiger partial charge in [0.15, 0.2) is 9.84 Å². The Kier molecular flexibility index (Phi) is 5.66. The molecule has 0 spiro atoms. The van der Waals surface area contributed by atoms with E-state index < -0.39 is 25.9 Å². The fourth-order valence-corrected chi connectivity index (χ4v) is 3.03. The van der Waals surface area contributed by atoms with Gasteiger partial charge in [0.05, 0.1) is 5.75 Å². The van der Waals surface area contributed by atoms with E-state index in [1.807, 2.05) is 6.92 Å². The van der Waals surface area contributed by atoms with Crippen molar-refractivity contribution in [3.63, 3.8) is 0 Å². The standard InChI is InChI=1S/C6H12N2O5S2/c1-2-3-4-14(10,11)6-8-15(12,13)7-5-9/h8H,2-4,6H2,1H3. The molecule has 0 aromatic carbocycles. The maximum atomic E-state index is 11.2. The lowest BCUT2D eigenvalue weighted by molar-refractivity contribution is 0.561. The van der Waals surface area contributed by atoms with Crippen molar-refractivity contribution in [2.24, 2.45) is 4.40 Å². The van der Waals surface area contributed by atoms with E-state index in [1.165, 1.54) is 0 Å². The number of nitrogens with one attached hydrogen (secondary N) is 1. The van der Waals surface area contributed by atoms with Crippen molar-refractivity contribution in [3.05, 3.63) is 0 Å². The molecule has 15 heavy (non-hydrogen) atoms. The van der Waals surface area contributed by atoms with Crippen molar-refractivity contribution in [1.29, 1.82) is 0 Å². The minimum absolute atomic E-state index is 0.100. The molecular formula is C6H12N2O5S2. The van der Waals surface area contributed by atoms with Crippen LogP contribution in [0.4, 0.5) is 0 Å². The average Bonchev–Trinajstić information content (AvgIpc) is 2.12. The molecule has 0 rings (SSSR count). The Bertz CT molecular complexity index is 432. The second-order valence-corrected chi connectivity index (χ2v) is 6.35. The fraction of sp³-hybridized carbons (Fsp3) is 0.833. The lowest BCUT2D eigenvalue weighted by Crippen LogP contribution is -2.29. The summed E-state index contributed by atoms with van der Waals surface area (Å²) in [4.78, 5) is 9.66. The Morgan fingerprint density at radius 3 is 2.33 bits per heavy atom. The Balaban J connectivity index is 4.33. The number of sulfone groups is 1. The number of rotatable bonds is 7. The SMILES string of the molecule is CCCCS(=O)(=O)CNS(=O)(=O)N=C=O. The Morgan fingerprint density at radius 1 is 1.27 bits per heavy atom. The number of nitrogens with zero attached hydrogens (tertiary/aromatic N) is 1. The van der Waals surface area contributed by atoms with Gasteiger partial charge in [-0.25, -0.2) is 13.2 Å². The topological polar surface area (TPSA) is 110 Å². The molecule has 88 valence electrons. The molecule has 0 amide bonds. The Hall–Kier alpha value is -0.760. The first kappa shape index (κ1) is 14.2. The maximum Gasteiger partial charge on any atom is 0.331 e. The third-order valence-corrected chi connectivity index (χ3v) is 3.93. The van der Waals surface area contributed by atoms with Crippen molar-refractivity contribution in [2.75, 3.05) is 11.6 Å². The molecule has 0 aromatic heterocycles. The number of carbonyl (C=O) groups excluding carboxylic acids is 1. The van der Waals surface area contributed by atoms with E-state index in [4.69, 9.17) is 0 Å². The molecule has 0 heterocycles. The van der Waals surface area contributed by atoms with Gasteiger partial charge in [-0.2, -0.15) is 13.1 Å². The zero-order chi connectivity index (χ0) is 11.9. The second kappa shape index (κ2) is 5.96. The minimum Gasteiger partial charge on any atom is -0.227 e. The number of hydrogen-bond donors (Lipinski definition) is 1. The molecule has 1 N–H and O–H groups in total. The van der Waals surface area contributed by atoms with E-state index in [-0.39, 0.29) is 5.75 Å². The zero-order valence-electron chi connectivity index (χ0n) is 8.13. The maximum absolute atomic E-state index is 11.2. The van der Waals surface area contributed by atoms with Gasteiger partial charge in [-0.3, -0.25) is 0 Å². The summed E-state index contributed by atoms with van der Waals surface area (Å²) >= 11 is 0. The van der Waals surface area contributed by atoms with E-state index in [9.17, 15) is 21.6 Å². The molecule has 0 unspecified atom stereocenters. The summed E-state index contributed by atoms with van der Waals surface area (Å²) in [6, 6.07) is 0. The molecule has 0 fully saturated rings. The van der Waals surface area contributed by atoms with Gasteiger partial charge in [0, 0.05) is 0 Å². The second-order valence-electron chi connectivity index (χ2n) is 2.75. The fourth-order valence-electron chi connectivity index (χ4n) is 0.682. The Labute approximate surface area is 88.7 Å². The van der Waals surface area contributed by atoms with E-state index in [0.29, 0.717) is 12.8 Å². The van der Waals surface area contributed by atoms with Gasteiger partial charge in [0.1, 0.15) is 5.88 Å². The van der Waals surface area contributed by atoms with Crippen LogP contribution in [0.1, 0.15) is 19.8 Å². The molecule has 0 aliphatic heterocycles. The minimum atomic E-state index is -4.22. The van der Waals surface area contributed by atoms with Crippen LogP contribution in [0.2, 0.25) is 0 Å². The molecule has 9 heteroatoms. The zero-order valence-corrected chi connectivity index (χ0v) is 9.77. The first-order chi connectivity index (χ1) is 6.83. The van der Waals surface area contributed by atoms with Crippen LogP contribution in [0.5, 0.6) is 0 Å². The van der Waals surface area contributed by atoms with Crippen LogP contribution in [-0.4, -0.2) is 34.5 Å². The summed E-state index contributed by atoms with van der Waals surface area (Å²) in [6.45, 7) is 1.82. The molecule has 0 aliphatic rings. The van der Waals surface area contributed by atoms with Crippen LogP contribution in [0.25, 0.3) is 0 Å². The molecule has 0 aliphatic carbocycles. The summed E-state index contributed by atoms with van der Waals surface area (Å²) in [7, 11) is -7.69. The van der Waals surface area contributed by atoms with Gasteiger partial charge in [0.25, 0.3) is 6.08 Å². The molecular weight excluding hydrogens is 244 g/mol. The van der Waals surface area contributed by atoms with Gasteiger partial charge in [0.2, 0.25) is 0 Å². The van der Waals surface area contributed by atoms with Crippen LogP contribution < -0.4 is 4.72 Å². The monoisotopic (exact) mass is 256 g/mol. The van der Waals surface area contributed by atoms with Gasteiger partial charge in [-0.15, -0.1) is 0 Å². The molecule has 0 saturated heterocycles. The van der Waals surface area contributed by atoms with Crippen molar-refractivity contribution in [1.82, 2.24) is 4.72 Å². The highest BCUT2D eigenvalue weighted by molar-refractivity contribution is 7.93. The molecule has 0 radical (unpaired) electrons. The van der Waals surface area contributed by atoms with Crippen LogP contribution in [0.3, 0.4) is 0 Å². The molecule has 0 saturated carbocycles. The smallest absolute Gasteiger partial charge is 0.227 e. The predicted molar refractivity (Wildman–Crippen MR) is 53.7 cm³/mol. The summed E-state index contributed by atoms with van der Waals surface area (Å²) in [5, 5.41) is 0. The largest absolute Gasteiger partial charge is 0.331 e. The van der Waals surface area contributed by atoms with Crippen molar-refractivity contribution < 1.29 is 21.6 Å². The van der Waals surface area contributed by atoms with E-state index in [1.54, 1.807) is 4.72 Å². The third kappa shape index (κ3) is 7.20. The van der Waals surface area contributed by atoms with Crippen LogP contribution >= 0.6 is 0 Å². The molecule has 0 atom stereocenters. The number of hydrogen-bond acceptors (Lipinski definition) is 5. The summed E-state index contributed by atoms with van der Waals surface area (Å²) in [5.41, 5.74) is 0. The summed E-state index contributed by atoms with van der Waals surface area (Å²) in [5.74, 6) is -0.850. The molecule has 0 bridgehead atoms. The van der Waals surface area contributed by atoms with Crippen LogP contribution in [0.15, 0.2) is 4.40 Å². The van der Waals surface area contributed by atoms with Crippen molar-refractivity contribution >= 4 is 26.1 Å². The van der Waals surface area contributed by atoms with E-state index in [0.717, 1.165) is 6.08 Å². The lowest BCUT2D eigenvalue weighted by Gasteiger charge is -2.02. The molecule has 0 aromatic rings. The summed E-state index contributed by atoms with van der Waals surface area (Å²) < 4.78 is 47.9. The van der Waals surface area contributed by atoms with E-state index in [2.05, 4.69) is 4.40 Å². The highest BCUT2D eigenvalue weighted by atomic mass is 32.2. The molecule has 7 nitrogen and oxygen atoms in total. The number of isocyanates is 1. The van der Waals surface area contributed by atoms with E-state index >= 15 is 0 Å². The van der Waals surface area contributed by atoms with Crippen LogP contribution in [-0.2, 0) is 24.8 Å². The quantitative estimate of drug-likeness (QED) is 0.480. The van der Waals surface area contributed by atoms with Gasteiger partial charge in [-0.1, -0.05) is 17.7 Å². The normalized spacial score (nSPS) is 12.1. The average molecular weight is 256 g/mol. The van der Waals surface area contributed by atoms with Crippen molar-refractivity contribution in [2.45, 2.75) is 19.8 Å². The predicted octanol–water partition coefficient (Wildman–Crippen LogP) is -0.671.